The van der Waals surface area contributed by atoms with Crippen molar-refractivity contribution in [3.63, 3.8) is 0 Å². The first-order valence-corrected chi connectivity index (χ1v) is 8.52. The lowest BCUT2D eigenvalue weighted by molar-refractivity contribution is -0.151. The zero-order chi connectivity index (χ0) is 15.7. The summed E-state index contributed by atoms with van der Waals surface area (Å²) < 4.78 is 0. The Bertz CT molecular complexity index is 509. The van der Waals surface area contributed by atoms with Crippen LogP contribution in [0.2, 0.25) is 0 Å². The van der Waals surface area contributed by atoms with Crippen LogP contribution < -0.4 is 0 Å². The molecule has 3 rings (SSSR count). The second kappa shape index (κ2) is 6.04. The standard InChI is InChI=1S/C19H27NO2/c1-14(15-6-4-3-5-7-15)16-8-10-20(11-9-16)18(21)17-12-19(2,22)13-17/h3-7,14,16-17,22H,8-13H2,1-2H3/t14-,17?,19?/m0/s1. The van der Waals surface area contributed by atoms with Gasteiger partial charge < -0.3 is 10.0 Å². The molecule has 3 heteroatoms. The smallest absolute Gasteiger partial charge is 0.225 e. The molecule has 1 heterocycles. The fourth-order valence-electron chi connectivity index (χ4n) is 4.08. The van der Waals surface area contributed by atoms with Crippen LogP contribution in [0.1, 0.15) is 51.0 Å². The molecule has 0 aromatic heterocycles. The van der Waals surface area contributed by atoms with Crippen LogP contribution in [0, 0.1) is 11.8 Å². The molecule has 120 valence electrons. The van der Waals surface area contributed by atoms with Gasteiger partial charge in [0.1, 0.15) is 0 Å². The van der Waals surface area contributed by atoms with Crippen molar-refractivity contribution in [2.24, 2.45) is 11.8 Å². The SMILES string of the molecule is C[C@@H](c1ccccc1)C1CCN(C(=O)C2CC(C)(O)C2)CC1. The summed E-state index contributed by atoms with van der Waals surface area (Å²) in [6, 6.07) is 10.7. The number of carbonyl (C=O) groups excluding carboxylic acids is 1. The summed E-state index contributed by atoms with van der Waals surface area (Å²) in [6.07, 6.45) is 3.44. The molecule has 1 amide bonds. The molecule has 0 unspecified atom stereocenters. The Labute approximate surface area is 133 Å². The molecular formula is C19H27NO2. The Hall–Kier alpha value is -1.35. The number of hydrogen-bond acceptors (Lipinski definition) is 2. The summed E-state index contributed by atoms with van der Waals surface area (Å²) in [7, 11) is 0. The summed E-state index contributed by atoms with van der Waals surface area (Å²) in [5, 5.41) is 9.80. The Morgan fingerprint density at radius 2 is 1.82 bits per heavy atom. The van der Waals surface area contributed by atoms with E-state index >= 15 is 0 Å². The molecule has 1 saturated carbocycles. The largest absolute Gasteiger partial charge is 0.390 e. The van der Waals surface area contributed by atoms with Gasteiger partial charge in [0.15, 0.2) is 0 Å². The highest BCUT2D eigenvalue weighted by molar-refractivity contribution is 5.80. The van der Waals surface area contributed by atoms with Crippen molar-refractivity contribution in [2.75, 3.05) is 13.1 Å². The minimum atomic E-state index is -0.611. The molecule has 3 nitrogen and oxygen atoms in total. The summed E-state index contributed by atoms with van der Waals surface area (Å²) in [5.41, 5.74) is 0.794. The second-order valence-corrected chi connectivity index (χ2v) is 7.46. The molecule has 1 aliphatic carbocycles. The predicted octanol–water partition coefficient (Wildman–Crippen LogP) is 3.19. The number of rotatable bonds is 3. The summed E-state index contributed by atoms with van der Waals surface area (Å²) in [5.74, 6) is 1.54. The van der Waals surface area contributed by atoms with Crippen molar-refractivity contribution in [1.29, 1.82) is 0 Å². The van der Waals surface area contributed by atoms with E-state index in [0.717, 1.165) is 25.9 Å². The number of hydrogen-bond donors (Lipinski definition) is 1. The molecular weight excluding hydrogens is 274 g/mol. The zero-order valence-electron chi connectivity index (χ0n) is 13.7. The first kappa shape index (κ1) is 15.5. The Balaban J connectivity index is 1.51. The van der Waals surface area contributed by atoms with Crippen molar-refractivity contribution in [3.05, 3.63) is 35.9 Å². The maximum Gasteiger partial charge on any atom is 0.225 e. The highest BCUT2D eigenvalue weighted by atomic mass is 16.3. The van der Waals surface area contributed by atoms with Crippen LogP contribution in [-0.2, 0) is 4.79 Å². The van der Waals surface area contributed by atoms with Gasteiger partial charge in [0.2, 0.25) is 5.91 Å². The third kappa shape index (κ3) is 3.19. The molecule has 22 heavy (non-hydrogen) atoms. The second-order valence-electron chi connectivity index (χ2n) is 7.46. The van der Waals surface area contributed by atoms with E-state index in [4.69, 9.17) is 0 Å². The van der Waals surface area contributed by atoms with Crippen molar-refractivity contribution in [3.8, 4) is 0 Å². The highest BCUT2D eigenvalue weighted by Gasteiger charge is 2.44. The van der Waals surface area contributed by atoms with Crippen LogP contribution >= 0.6 is 0 Å². The molecule has 1 saturated heterocycles. The average molecular weight is 301 g/mol. The number of nitrogens with zero attached hydrogens (tertiary/aromatic N) is 1. The molecule has 1 atom stereocenters. The third-order valence-corrected chi connectivity index (χ3v) is 5.61. The van der Waals surface area contributed by atoms with Crippen LogP contribution in [0.15, 0.2) is 30.3 Å². The van der Waals surface area contributed by atoms with Crippen LogP contribution in [0.3, 0.4) is 0 Å². The maximum atomic E-state index is 12.4. The Kier molecular flexibility index (Phi) is 4.26. The van der Waals surface area contributed by atoms with Crippen LogP contribution in [-0.4, -0.2) is 34.6 Å². The van der Waals surface area contributed by atoms with Crippen molar-refractivity contribution in [2.45, 2.75) is 51.0 Å². The lowest BCUT2D eigenvalue weighted by Gasteiger charge is -2.44. The lowest BCUT2D eigenvalue weighted by atomic mass is 9.71. The van der Waals surface area contributed by atoms with Crippen LogP contribution in [0.4, 0.5) is 0 Å². The topological polar surface area (TPSA) is 40.5 Å². The van der Waals surface area contributed by atoms with Crippen molar-refractivity contribution >= 4 is 5.91 Å². The van der Waals surface area contributed by atoms with Gasteiger partial charge in [-0.25, -0.2) is 0 Å². The Morgan fingerprint density at radius 1 is 1.23 bits per heavy atom. The molecule has 0 radical (unpaired) electrons. The molecule has 1 aromatic carbocycles. The van der Waals surface area contributed by atoms with Gasteiger partial charge in [0, 0.05) is 19.0 Å². The quantitative estimate of drug-likeness (QED) is 0.931. The van der Waals surface area contributed by atoms with E-state index in [2.05, 4.69) is 37.3 Å². The van der Waals surface area contributed by atoms with Gasteiger partial charge in [-0.3, -0.25) is 4.79 Å². The molecule has 1 aromatic rings. The minimum Gasteiger partial charge on any atom is -0.390 e. The van der Waals surface area contributed by atoms with Gasteiger partial charge in [0.25, 0.3) is 0 Å². The van der Waals surface area contributed by atoms with E-state index in [1.165, 1.54) is 5.56 Å². The van der Waals surface area contributed by atoms with Gasteiger partial charge in [-0.1, -0.05) is 37.3 Å². The van der Waals surface area contributed by atoms with E-state index in [9.17, 15) is 9.90 Å². The lowest BCUT2D eigenvalue weighted by Crippen LogP contribution is -2.51. The number of piperidine rings is 1. The molecule has 1 aliphatic heterocycles. The number of carbonyl (C=O) groups is 1. The third-order valence-electron chi connectivity index (χ3n) is 5.61. The van der Waals surface area contributed by atoms with Gasteiger partial charge in [0.05, 0.1) is 5.60 Å². The Morgan fingerprint density at radius 3 is 2.36 bits per heavy atom. The monoisotopic (exact) mass is 301 g/mol. The van der Waals surface area contributed by atoms with Crippen molar-refractivity contribution in [1.82, 2.24) is 4.90 Å². The number of likely N-dealkylation sites (tertiary alicyclic amines) is 1. The minimum absolute atomic E-state index is 0.0538. The molecule has 1 N–H and O–H groups in total. The van der Waals surface area contributed by atoms with Crippen LogP contribution in [0.5, 0.6) is 0 Å². The zero-order valence-corrected chi connectivity index (χ0v) is 13.7. The maximum absolute atomic E-state index is 12.4. The fourth-order valence-corrected chi connectivity index (χ4v) is 4.08. The molecule has 0 bridgehead atoms. The van der Waals surface area contributed by atoms with Gasteiger partial charge >= 0.3 is 0 Å². The first-order chi connectivity index (χ1) is 10.5. The van der Waals surface area contributed by atoms with E-state index < -0.39 is 5.60 Å². The van der Waals surface area contributed by atoms with Gasteiger partial charge in [-0.15, -0.1) is 0 Å². The fraction of sp³-hybridized carbons (Fsp3) is 0.632. The predicted molar refractivity (Wildman–Crippen MR) is 87.5 cm³/mol. The van der Waals surface area contributed by atoms with Gasteiger partial charge in [-0.2, -0.15) is 0 Å². The van der Waals surface area contributed by atoms with Crippen molar-refractivity contribution < 1.29 is 9.90 Å². The molecule has 2 aliphatic rings. The number of aliphatic hydroxyl groups is 1. The van der Waals surface area contributed by atoms with E-state index in [1.54, 1.807) is 0 Å². The number of benzene rings is 1. The normalized spacial score (nSPS) is 30.7. The molecule has 2 fully saturated rings. The van der Waals surface area contributed by atoms with E-state index in [0.29, 0.717) is 24.7 Å². The number of amides is 1. The van der Waals surface area contributed by atoms with Gasteiger partial charge in [-0.05, 0) is 50.0 Å². The van der Waals surface area contributed by atoms with Crippen LogP contribution in [0.25, 0.3) is 0 Å². The van der Waals surface area contributed by atoms with E-state index in [-0.39, 0.29) is 11.8 Å². The molecule has 0 spiro atoms. The first-order valence-electron chi connectivity index (χ1n) is 8.52. The van der Waals surface area contributed by atoms with E-state index in [1.807, 2.05) is 11.8 Å². The summed E-state index contributed by atoms with van der Waals surface area (Å²) >= 11 is 0. The summed E-state index contributed by atoms with van der Waals surface area (Å²) in [6.45, 7) is 5.88. The average Bonchev–Trinajstić information content (AvgIpc) is 2.52. The summed E-state index contributed by atoms with van der Waals surface area (Å²) in [4.78, 5) is 14.5. The highest BCUT2D eigenvalue weighted by Crippen LogP contribution is 2.39.